The maximum atomic E-state index is 14.0. The molecule has 4 aromatic carbocycles. The standard InChI is InChI=1S/C24H16F5N5O9S2.2Li/c1-40-13-7-12(32-34-23-20(28)18(26)17(25)19(27)21(23)29)14(41-2)6-11(13)31-33-22-15(44-43-42-36)3-8-4-16(45(37,38)39)10(30)5-9(8)24(22)35;;/h3-7,35-36H,30H2,1-2H3,(H,37,38,39);;/q;2*+1/p-2. The van der Waals surface area contributed by atoms with Crippen LogP contribution in [0.15, 0.2) is 60.6 Å². The molecule has 0 radical (unpaired) electrons. The topological polar surface area (TPSA) is 213 Å². The second-order valence-corrected chi connectivity index (χ2v) is 10.5. The number of benzene rings is 4. The first kappa shape index (κ1) is 39.7. The van der Waals surface area contributed by atoms with E-state index < -0.39 is 61.2 Å². The van der Waals surface area contributed by atoms with Crippen LogP contribution in [0.5, 0.6) is 17.2 Å². The number of rotatable bonds is 10. The summed E-state index contributed by atoms with van der Waals surface area (Å²) in [5.41, 5.74) is 2.78. The van der Waals surface area contributed by atoms with Gasteiger partial charge in [-0.05, 0) is 23.6 Å². The van der Waals surface area contributed by atoms with Crippen LogP contribution in [-0.4, -0.2) is 32.3 Å². The normalized spacial score (nSPS) is 11.6. The van der Waals surface area contributed by atoms with Gasteiger partial charge in [0, 0.05) is 23.2 Å². The number of nitrogens with zero attached hydrogens (tertiary/aromatic N) is 4. The van der Waals surface area contributed by atoms with E-state index in [1.807, 2.05) is 0 Å². The zero-order chi connectivity index (χ0) is 33.2. The fraction of sp³-hybridized carbons (Fsp3) is 0.0833. The molecule has 0 aliphatic heterocycles. The Kier molecular flexibility index (Phi) is 13.6. The van der Waals surface area contributed by atoms with Crippen molar-refractivity contribution >= 4 is 61.4 Å². The van der Waals surface area contributed by atoms with Crippen LogP contribution in [0.25, 0.3) is 10.8 Å². The zero-order valence-electron chi connectivity index (χ0n) is 24.2. The van der Waals surface area contributed by atoms with Crippen molar-refractivity contribution in [1.82, 2.24) is 0 Å². The van der Waals surface area contributed by atoms with E-state index in [4.69, 9.17) is 15.2 Å². The molecule has 0 heterocycles. The minimum atomic E-state index is -5.01. The quantitative estimate of drug-likeness (QED) is 0.0213. The first-order chi connectivity index (χ1) is 21.2. The molecule has 0 amide bonds. The van der Waals surface area contributed by atoms with Crippen molar-refractivity contribution in [2.75, 3.05) is 20.0 Å². The Morgan fingerprint density at radius 3 is 1.74 bits per heavy atom. The van der Waals surface area contributed by atoms with Gasteiger partial charge < -0.3 is 30.1 Å². The molecular weight excluding hydrogens is 675 g/mol. The monoisotopic (exact) mass is 689 g/mol. The summed E-state index contributed by atoms with van der Waals surface area (Å²) in [6, 6.07) is 5.20. The van der Waals surface area contributed by atoms with Crippen molar-refractivity contribution in [2.24, 2.45) is 20.5 Å². The molecule has 0 bridgehead atoms. The summed E-state index contributed by atoms with van der Waals surface area (Å²) in [7, 11) is -2.72. The SMILES string of the molecule is COc1cc(N=Nc2c(SOO[O-])cc3cc(S(=O)(=O)[O-])c(N)cc3c2O)c(OC)cc1N=Nc1c(F)c(F)c(F)c(F)c1F.[Li+].[Li+]. The maximum absolute atomic E-state index is 14.0. The van der Waals surface area contributed by atoms with Gasteiger partial charge in [-0.25, -0.2) is 30.4 Å². The van der Waals surface area contributed by atoms with Gasteiger partial charge in [0.1, 0.15) is 38.7 Å². The fourth-order valence-corrected chi connectivity index (χ4v) is 4.84. The van der Waals surface area contributed by atoms with Crippen LogP contribution in [0.1, 0.15) is 0 Å². The molecule has 0 unspecified atom stereocenters. The summed E-state index contributed by atoms with van der Waals surface area (Å²) in [5.74, 6) is -12.3. The molecule has 0 aliphatic rings. The summed E-state index contributed by atoms with van der Waals surface area (Å²) >= 11 is 0.230. The molecular formula is C24H14F5Li2N5O9S2. The summed E-state index contributed by atoms with van der Waals surface area (Å²) in [6.45, 7) is 0. The smallest absolute Gasteiger partial charge is 0.744 e. The second kappa shape index (κ2) is 16.1. The fourth-order valence-electron chi connectivity index (χ4n) is 3.73. The van der Waals surface area contributed by atoms with E-state index in [0.717, 1.165) is 38.5 Å². The number of aromatic hydroxyl groups is 1. The molecule has 23 heteroatoms. The van der Waals surface area contributed by atoms with Gasteiger partial charge in [-0.3, -0.25) is 5.04 Å². The van der Waals surface area contributed by atoms with E-state index in [1.165, 1.54) is 6.07 Å². The van der Waals surface area contributed by atoms with Gasteiger partial charge in [0.2, 0.25) is 5.82 Å². The van der Waals surface area contributed by atoms with Gasteiger partial charge in [-0.1, -0.05) is 0 Å². The predicted octanol–water partition coefficient (Wildman–Crippen LogP) is -0.186. The number of methoxy groups -OCH3 is 2. The Morgan fingerprint density at radius 1 is 0.787 bits per heavy atom. The number of azo groups is 2. The number of fused-ring (bicyclic) bond motifs is 1. The molecule has 0 atom stereocenters. The molecule has 0 aliphatic carbocycles. The number of anilines is 1. The third-order valence-corrected chi connectivity index (χ3v) is 7.29. The van der Waals surface area contributed by atoms with Gasteiger partial charge in [-0.15, -0.1) is 20.5 Å². The van der Waals surface area contributed by atoms with Gasteiger partial charge in [0.05, 0.1) is 36.1 Å². The van der Waals surface area contributed by atoms with E-state index in [9.17, 15) is 45.3 Å². The molecule has 0 aromatic heterocycles. The number of ether oxygens (including phenoxy) is 2. The first-order valence-electron chi connectivity index (χ1n) is 11.5. The number of halogens is 5. The van der Waals surface area contributed by atoms with Crippen LogP contribution >= 0.6 is 12.0 Å². The van der Waals surface area contributed by atoms with Gasteiger partial charge in [0.25, 0.3) is 0 Å². The first-order valence-corrected chi connectivity index (χ1v) is 13.7. The Bertz CT molecular complexity index is 1980. The Labute approximate surface area is 288 Å². The molecule has 4 rings (SSSR count). The van der Waals surface area contributed by atoms with Gasteiger partial charge in [0.15, 0.2) is 34.7 Å². The Balaban J connectivity index is 0.00000384. The number of nitrogen functional groups attached to an aromatic ring is 1. The van der Waals surface area contributed by atoms with E-state index in [0.29, 0.717) is 0 Å². The van der Waals surface area contributed by atoms with Crippen LogP contribution < -0.4 is 58.2 Å². The van der Waals surface area contributed by atoms with Crippen molar-refractivity contribution in [1.29, 1.82) is 0 Å². The number of phenols is 1. The van der Waals surface area contributed by atoms with Crippen molar-refractivity contribution in [3.05, 3.63) is 59.4 Å². The number of hydrogen-bond donors (Lipinski definition) is 2. The van der Waals surface area contributed by atoms with Gasteiger partial charge >= 0.3 is 37.7 Å². The predicted molar refractivity (Wildman–Crippen MR) is 140 cm³/mol. The van der Waals surface area contributed by atoms with Crippen LogP contribution in [0.4, 0.5) is 50.4 Å². The molecule has 238 valence electrons. The molecule has 0 spiro atoms. The van der Waals surface area contributed by atoms with Crippen molar-refractivity contribution in [3.63, 3.8) is 0 Å². The van der Waals surface area contributed by atoms with Crippen LogP contribution in [0.3, 0.4) is 0 Å². The van der Waals surface area contributed by atoms with Crippen molar-refractivity contribution in [3.8, 4) is 17.2 Å². The summed E-state index contributed by atoms with van der Waals surface area (Å²) in [4.78, 5) is -0.951. The molecule has 4 aromatic rings. The minimum absolute atomic E-state index is 0. The third-order valence-electron chi connectivity index (χ3n) is 5.78. The van der Waals surface area contributed by atoms with E-state index in [1.54, 1.807) is 0 Å². The van der Waals surface area contributed by atoms with E-state index >= 15 is 0 Å². The largest absolute Gasteiger partial charge is 1.00 e. The number of hydrogen-bond acceptors (Lipinski definition) is 15. The average molecular weight is 689 g/mol. The van der Waals surface area contributed by atoms with E-state index in [2.05, 4.69) is 29.8 Å². The summed E-state index contributed by atoms with van der Waals surface area (Å²) in [5, 5.41) is 39.1. The Morgan fingerprint density at radius 2 is 1.28 bits per heavy atom. The Hall–Kier alpha value is -3.48. The molecule has 0 saturated heterocycles. The average Bonchev–Trinajstić information content (AvgIpc) is 3.00. The number of nitrogens with two attached hydrogens (primary N) is 1. The zero-order valence-corrected chi connectivity index (χ0v) is 25.8. The van der Waals surface area contributed by atoms with E-state index in [-0.39, 0.29) is 94.0 Å². The van der Waals surface area contributed by atoms with Crippen LogP contribution in [-0.2, 0) is 19.5 Å². The second-order valence-electron chi connectivity index (χ2n) is 8.37. The van der Waals surface area contributed by atoms with Crippen LogP contribution in [0, 0.1) is 29.1 Å². The maximum Gasteiger partial charge on any atom is 1.00 e. The van der Waals surface area contributed by atoms with Crippen molar-refractivity contribution in [2.45, 2.75) is 9.79 Å². The molecule has 3 N–H and O–H groups in total. The third kappa shape index (κ3) is 8.16. The van der Waals surface area contributed by atoms with Gasteiger partial charge in [-0.2, -0.15) is 4.33 Å². The molecule has 47 heavy (non-hydrogen) atoms. The molecule has 0 fully saturated rings. The number of phenolic OH excluding ortho intramolecular Hbond substituents is 1. The summed E-state index contributed by atoms with van der Waals surface area (Å²) in [6.07, 6.45) is 0. The molecule has 14 nitrogen and oxygen atoms in total. The van der Waals surface area contributed by atoms with Crippen LogP contribution in [0.2, 0.25) is 0 Å². The molecule has 0 saturated carbocycles. The minimum Gasteiger partial charge on any atom is -0.744 e. The van der Waals surface area contributed by atoms with Crippen molar-refractivity contribution < 1.29 is 102 Å². The summed E-state index contributed by atoms with van der Waals surface area (Å²) < 4.78 is 118.